The SMILES string of the molecule is CN=C(NCCS(=O)(=O)NCC1CCC1)NCc1ccc(OCC(F)(F)F)cc1.I. The number of guanidine groups is 1. The summed E-state index contributed by atoms with van der Waals surface area (Å²) in [6.45, 7) is -0.270. The van der Waals surface area contributed by atoms with Crippen molar-refractivity contribution in [3.05, 3.63) is 29.8 Å². The molecule has 2 rings (SSSR count). The Morgan fingerprint density at radius 3 is 2.40 bits per heavy atom. The topological polar surface area (TPSA) is 91.8 Å². The van der Waals surface area contributed by atoms with Crippen LogP contribution in [0.15, 0.2) is 29.3 Å². The van der Waals surface area contributed by atoms with Gasteiger partial charge in [-0.05, 0) is 36.5 Å². The molecule has 0 spiro atoms. The smallest absolute Gasteiger partial charge is 0.422 e. The predicted molar refractivity (Wildman–Crippen MR) is 121 cm³/mol. The van der Waals surface area contributed by atoms with Crippen molar-refractivity contribution >= 4 is 40.0 Å². The molecule has 0 aromatic heterocycles. The van der Waals surface area contributed by atoms with Gasteiger partial charge in [-0.3, -0.25) is 4.99 Å². The monoisotopic (exact) mass is 564 g/mol. The lowest BCUT2D eigenvalue weighted by molar-refractivity contribution is -0.153. The molecule has 7 nitrogen and oxygen atoms in total. The van der Waals surface area contributed by atoms with E-state index in [4.69, 9.17) is 0 Å². The van der Waals surface area contributed by atoms with E-state index in [9.17, 15) is 21.6 Å². The van der Waals surface area contributed by atoms with E-state index < -0.39 is 22.8 Å². The first-order valence-electron chi connectivity index (χ1n) is 9.37. The van der Waals surface area contributed by atoms with Gasteiger partial charge < -0.3 is 15.4 Å². The lowest BCUT2D eigenvalue weighted by Crippen LogP contribution is -2.41. The molecule has 1 aliphatic rings. The van der Waals surface area contributed by atoms with Crippen LogP contribution in [-0.4, -0.2) is 53.1 Å². The zero-order valence-corrected chi connectivity index (χ0v) is 19.8. The van der Waals surface area contributed by atoms with Gasteiger partial charge in [0, 0.05) is 26.7 Å². The number of alkyl halides is 3. The largest absolute Gasteiger partial charge is 0.484 e. The number of aliphatic imine (C=N–C) groups is 1. The molecule has 0 atom stereocenters. The molecular weight excluding hydrogens is 536 g/mol. The van der Waals surface area contributed by atoms with E-state index in [1.165, 1.54) is 18.6 Å². The van der Waals surface area contributed by atoms with Gasteiger partial charge in [0.1, 0.15) is 5.75 Å². The van der Waals surface area contributed by atoms with Crippen LogP contribution in [0.2, 0.25) is 0 Å². The second-order valence-corrected chi connectivity index (χ2v) is 8.79. The van der Waals surface area contributed by atoms with Gasteiger partial charge in [0.2, 0.25) is 10.0 Å². The first-order chi connectivity index (χ1) is 13.7. The fourth-order valence-electron chi connectivity index (χ4n) is 2.59. The Kier molecular flexibility index (Phi) is 11.2. The molecule has 0 saturated heterocycles. The van der Waals surface area contributed by atoms with Crippen molar-refractivity contribution in [2.24, 2.45) is 10.9 Å². The van der Waals surface area contributed by atoms with E-state index in [0.717, 1.165) is 18.4 Å². The first kappa shape index (κ1) is 26.8. The number of ether oxygens (including phenoxy) is 1. The molecule has 1 aliphatic carbocycles. The quantitative estimate of drug-likeness (QED) is 0.231. The number of rotatable bonds is 10. The maximum absolute atomic E-state index is 12.1. The third-order valence-corrected chi connectivity index (χ3v) is 5.84. The van der Waals surface area contributed by atoms with Crippen molar-refractivity contribution in [1.29, 1.82) is 0 Å². The Bertz CT molecular complexity index is 770. The minimum atomic E-state index is -4.38. The van der Waals surface area contributed by atoms with Gasteiger partial charge in [0.25, 0.3) is 0 Å². The summed E-state index contributed by atoms with van der Waals surface area (Å²) in [6, 6.07) is 6.19. The standard InChI is InChI=1S/C18H27F3N4O3S.HI/c1-22-17(23-9-10-29(26,27)25-12-14-3-2-4-14)24-11-15-5-7-16(8-6-15)28-13-18(19,20)21;/h5-8,14,25H,2-4,9-13H2,1H3,(H2,22,23,24);1H. The van der Waals surface area contributed by atoms with Crippen LogP contribution in [-0.2, 0) is 16.6 Å². The Morgan fingerprint density at radius 1 is 1.20 bits per heavy atom. The Morgan fingerprint density at radius 2 is 1.87 bits per heavy atom. The fourth-order valence-corrected chi connectivity index (χ4v) is 3.60. The predicted octanol–water partition coefficient (Wildman–Crippen LogP) is 2.63. The van der Waals surface area contributed by atoms with Gasteiger partial charge in [-0.15, -0.1) is 24.0 Å². The molecular formula is C18H28F3IN4O3S. The lowest BCUT2D eigenvalue weighted by Gasteiger charge is -2.25. The van der Waals surface area contributed by atoms with Crippen molar-refractivity contribution in [1.82, 2.24) is 15.4 Å². The summed E-state index contributed by atoms with van der Waals surface area (Å²) in [5.74, 6) is 0.952. The highest BCUT2D eigenvalue weighted by Gasteiger charge is 2.28. The van der Waals surface area contributed by atoms with E-state index in [2.05, 4.69) is 25.1 Å². The number of halogens is 4. The molecule has 0 amide bonds. The highest BCUT2D eigenvalue weighted by molar-refractivity contribution is 14.0. The molecule has 0 heterocycles. The van der Waals surface area contributed by atoms with Gasteiger partial charge in [-0.1, -0.05) is 18.6 Å². The van der Waals surface area contributed by atoms with Crippen LogP contribution in [0.4, 0.5) is 13.2 Å². The molecule has 12 heteroatoms. The molecule has 0 unspecified atom stereocenters. The summed E-state index contributed by atoms with van der Waals surface area (Å²) in [5.41, 5.74) is 0.807. The molecule has 1 saturated carbocycles. The molecule has 172 valence electrons. The van der Waals surface area contributed by atoms with Crippen molar-refractivity contribution in [2.75, 3.05) is 32.5 Å². The summed E-state index contributed by atoms with van der Waals surface area (Å²) >= 11 is 0. The Balaban J connectivity index is 0.00000450. The summed E-state index contributed by atoms with van der Waals surface area (Å²) < 4.78 is 67.7. The second kappa shape index (κ2) is 12.5. The molecule has 1 fully saturated rings. The molecule has 0 radical (unpaired) electrons. The molecule has 0 aliphatic heterocycles. The van der Waals surface area contributed by atoms with Gasteiger partial charge >= 0.3 is 6.18 Å². The number of sulfonamides is 1. The van der Waals surface area contributed by atoms with Crippen molar-refractivity contribution in [3.8, 4) is 5.75 Å². The van der Waals surface area contributed by atoms with Crippen LogP contribution >= 0.6 is 24.0 Å². The zero-order chi connectivity index (χ0) is 21.3. The summed E-state index contributed by atoms with van der Waals surface area (Å²) in [6.07, 6.45) is -1.06. The fraction of sp³-hybridized carbons (Fsp3) is 0.611. The highest BCUT2D eigenvalue weighted by Crippen LogP contribution is 2.25. The van der Waals surface area contributed by atoms with E-state index in [1.54, 1.807) is 19.2 Å². The number of benzene rings is 1. The molecule has 30 heavy (non-hydrogen) atoms. The minimum absolute atomic E-state index is 0. The minimum Gasteiger partial charge on any atom is -0.484 e. The molecule has 1 aromatic carbocycles. The van der Waals surface area contributed by atoms with Crippen molar-refractivity contribution in [2.45, 2.75) is 32.0 Å². The maximum atomic E-state index is 12.1. The normalized spacial score (nSPS) is 15.1. The van der Waals surface area contributed by atoms with E-state index in [1.807, 2.05) is 0 Å². The Hall–Kier alpha value is -1.28. The average Bonchev–Trinajstić information content (AvgIpc) is 2.61. The van der Waals surface area contributed by atoms with E-state index in [0.29, 0.717) is 25.0 Å². The zero-order valence-electron chi connectivity index (χ0n) is 16.7. The van der Waals surface area contributed by atoms with Crippen LogP contribution in [0.5, 0.6) is 5.75 Å². The third-order valence-electron chi connectivity index (χ3n) is 4.49. The van der Waals surface area contributed by atoms with Crippen LogP contribution in [0.25, 0.3) is 0 Å². The average molecular weight is 564 g/mol. The van der Waals surface area contributed by atoms with Crippen LogP contribution in [0.1, 0.15) is 24.8 Å². The van der Waals surface area contributed by atoms with E-state index in [-0.39, 0.29) is 42.0 Å². The summed E-state index contributed by atoms with van der Waals surface area (Å²) in [7, 11) is -1.77. The van der Waals surface area contributed by atoms with E-state index >= 15 is 0 Å². The van der Waals surface area contributed by atoms with Crippen molar-refractivity contribution in [3.63, 3.8) is 0 Å². The maximum Gasteiger partial charge on any atom is 0.422 e. The van der Waals surface area contributed by atoms with Gasteiger partial charge in [0.15, 0.2) is 12.6 Å². The van der Waals surface area contributed by atoms with Gasteiger partial charge in [-0.25, -0.2) is 13.1 Å². The number of hydrogen-bond donors (Lipinski definition) is 3. The summed E-state index contributed by atoms with van der Waals surface area (Å²) in [5, 5.41) is 5.95. The van der Waals surface area contributed by atoms with Gasteiger partial charge in [0.05, 0.1) is 5.75 Å². The highest BCUT2D eigenvalue weighted by atomic mass is 127. The number of hydrogen-bond acceptors (Lipinski definition) is 4. The van der Waals surface area contributed by atoms with Gasteiger partial charge in [-0.2, -0.15) is 13.2 Å². The second-order valence-electron chi connectivity index (χ2n) is 6.86. The van der Waals surface area contributed by atoms with Crippen LogP contribution < -0.4 is 20.1 Å². The van der Waals surface area contributed by atoms with Crippen LogP contribution in [0.3, 0.4) is 0 Å². The summed E-state index contributed by atoms with van der Waals surface area (Å²) in [4.78, 5) is 4.02. The third kappa shape index (κ3) is 10.7. The number of nitrogens with one attached hydrogen (secondary N) is 3. The lowest BCUT2D eigenvalue weighted by atomic mass is 9.86. The molecule has 3 N–H and O–H groups in total. The number of nitrogens with zero attached hydrogens (tertiary/aromatic N) is 1. The molecule has 0 bridgehead atoms. The Labute approximate surface area is 192 Å². The van der Waals surface area contributed by atoms with Crippen LogP contribution in [0, 0.1) is 5.92 Å². The van der Waals surface area contributed by atoms with Crippen molar-refractivity contribution < 1.29 is 26.3 Å². The molecule has 1 aromatic rings. The first-order valence-corrected chi connectivity index (χ1v) is 11.0.